The second-order valence-corrected chi connectivity index (χ2v) is 25.8. The molecule has 2 saturated heterocycles. The third-order valence-corrected chi connectivity index (χ3v) is 23.2. The van der Waals surface area contributed by atoms with E-state index in [1.165, 1.54) is 27.2 Å². The number of hydrogen-bond donors (Lipinski definition) is 9. The molecule has 4 heterocycles. The van der Waals surface area contributed by atoms with Crippen LogP contribution in [0.5, 0.6) is 5.75 Å². The predicted molar refractivity (Wildman–Crippen MR) is 267 cm³/mol. The van der Waals surface area contributed by atoms with Crippen LogP contribution in [0.1, 0.15) is 102 Å². The molecule has 2 aromatic carbocycles. The molecule has 14 nitrogen and oxygen atoms in total. The maximum absolute atomic E-state index is 16.2. The Kier molecular flexibility index (Phi) is 11.1. The summed E-state index contributed by atoms with van der Waals surface area (Å²) < 4.78 is 14.1. The number of benzene rings is 2. The van der Waals surface area contributed by atoms with Crippen LogP contribution >= 0.6 is 21.6 Å². The lowest BCUT2D eigenvalue weighted by molar-refractivity contribution is -0.461. The molecule has 0 aromatic heterocycles. The zero-order chi connectivity index (χ0) is 49.7. The van der Waals surface area contributed by atoms with Crippen molar-refractivity contribution < 1.29 is 59.6 Å². The molecular formula is C56H64N2O12S2. The highest BCUT2D eigenvalue weighted by Crippen LogP contribution is 2.79. The number of ketones is 2. The molecule has 4 saturated carbocycles. The lowest BCUT2D eigenvalue weighted by Gasteiger charge is -2.72. The Hall–Kier alpha value is -3.97. The smallest absolute Gasteiger partial charge is 0.240 e. The van der Waals surface area contributed by atoms with Crippen molar-refractivity contribution in [3.05, 3.63) is 111 Å². The highest BCUT2D eigenvalue weighted by molar-refractivity contribution is 8.76. The Balaban J connectivity index is 1.01. The van der Waals surface area contributed by atoms with Gasteiger partial charge in [0.2, 0.25) is 5.79 Å². The molecule has 0 unspecified atom stereocenters. The summed E-state index contributed by atoms with van der Waals surface area (Å²) in [7, 11) is 2.82. The summed E-state index contributed by atoms with van der Waals surface area (Å²) in [6.45, 7) is -0.505. The summed E-state index contributed by atoms with van der Waals surface area (Å²) in [5.74, 6) is -5.19. The number of carbonyl (C=O) groups excluding carboxylic acids is 3. The van der Waals surface area contributed by atoms with Crippen molar-refractivity contribution in [2.75, 3.05) is 25.6 Å². The number of rotatable bonds is 8. The van der Waals surface area contributed by atoms with Crippen LogP contribution in [0.15, 0.2) is 89.0 Å². The minimum atomic E-state index is -2.33. The van der Waals surface area contributed by atoms with E-state index < -0.39 is 81.2 Å². The van der Waals surface area contributed by atoms with Gasteiger partial charge in [-0.2, -0.15) is 0 Å². The monoisotopic (exact) mass is 1020 g/mol. The molecule has 2 aromatic rings. The summed E-state index contributed by atoms with van der Waals surface area (Å²) in [6.07, 6.45) is 9.63. The molecule has 6 fully saturated rings. The molecule has 12 aliphatic rings. The molecule has 10 bridgehead atoms. The Labute approximate surface area is 426 Å². The van der Waals surface area contributed by atoms with E-state index >= 15 is 9.59 Å². The molecule has 4 spiro atoms. The van der Waals surface area contributed by atoms with Gasteiger partial charge in [-0.15, -0.1) is 0 Å². The summed E-state index contributed by atoms with van der Waals surface area (Å²) in [5, 5.41) is 91.9. The first-order valence-electron chi connectivity index (χ1n) is 26.2. The maximum Gasteiger partial charge on any atom is 0.240 e. The number of Topliss-reactive ketones (excluding diaryl/α,β-unsaturated/α-hetero) is 2. The lowest BCUT2D eigenvalue weighted by atomic mass is 9.42. The summed E-state index contributed by atoms with van der Waals surface area (Å²) in [5.41, 5.74) is -2.67. The van der Waals surface area contributed by atoms with E-state index in [9.17, 15) is 40.5 Å². The molecule has 16 heteroatoms. The third-order valence-electron chi connectivity index (χ3n) is 20.5. The average molecular weight is 1020 g/mol. The van der Waals surface area contributed by atoms with Crippen LogP contribution in [0.3, 0.4) is 0 Å². The van der Waals surface area contributed by atoms with E-state index in [1.807, 2.05) is 24.3 Å². The van der Waals surface area contributed by atoms with E-state index in [1.54, 1.807) is 30.4 Å². The molecule has 9 N–H and O–H groups in total. The number of ether oxygens (including phenoxy) is 2. The zero-order valence-corrected chi connectivity index (χ0v) is 41.8. The fraction of sp³-hybridized carbons (Fsp3) is 0.589. The SMILES string of the molecule is O=C[C@@H]1CCC[C@]12C[C@@H]1C[C@H]3C[C@@H]4[C@@H]5CC[C@@]67Oc8cccc9c8C(=O)[C@@]8(C(O)=CC(Cc%10cccc(CO)c%10)=C[C@@H]8C9=O)[C@H](CCCO)SSCNC8=CC(=C3CN8)[C@@]1(C2)[C@H]4[C@](O)([C@H](O)[C@@]5(CO)O6)[C@H]7O. The van der Waals surface area contributed by atoms with Gasteiger partial charge in [0.25, 0.3) is 0 Å². The van der Waals surface area contributed by atoms with Crippen LogP contribution in [0, 0.1) is 57.7 Å². The topological polar surface area (TPSA) is 235 Å². The molecule has 16 atom stereocenters. The number of aliphatic hydroxyl groups is 7. The first-order chi connectivity index (χ1) is 34.8. The van der Waals surface area contributed by atoms with Gasteiger partial charge in [0.15, 0.2) is 17.7 Å². The predicted octanol–water partition coefficient (Wildman–Crippen LogP) is 5.36. The zero-order valence-electron chi connectivity index (χ0n) is 40.1. The second kappa shape index (κ2) is 16.8. The van der Waals surface area contributed by atoms with E-state index in [4.69, 9.17) is 9.47 Å². The first kappa shape index (κ1) is 47.7. The fourth-order valence-corrected chi connectivity index (χ4v) is 20.7. The van der Waals surface area contributed by atoms with Gasteiger partial charge in [-0.1, -0.05) is 70.5 Å². The minimum Gasteiger partial charge on any atom is -0.511 e. The molecule has 8 aliphatic carbocycles. The third kappa shape index (κ3) is 6.10. The number of nitrogens with one attached hydrogen (secondary N) is 2. The van der Waals surface area contributed by atoms with Crippen LogP contribution < -0.4 is 15.4 Å². The highest BCUT2D eigenvalue weighted by atomic mass is 33.1. The number of hydrogen-bond acceptors (Lipinski definition) is 16. The normalized spacial score (nSPS) is 44.0. The van der Waals surface area contributed by atoms with Gasteiger partial charge < -0.3 is 60.6 Å². The van der Waals surface area contributed by atoms with E-state index in [-0.39, 0.29) is 84.2 Å². The number of aldehydes is 1. The Morgan fingerprint density at radius 2 is 1.79 bits per heavy atom. The lowest BCUT2D eigenvalue weighted by Crippen LogP contribution is -2.88. The second-order valence-electron chi connectivity index (χ2n) is 23.3. The quantitative estimate of drug-likeness (QED) is 0.120. The van der Waals surface area contributed by atoms with Gasteiger partial charge in [-0.05, 0) is 139 Å². The van der Waals surface area contributed by atoms with Crippen LogP contribution in [-0.4, -0.2) is 114 Å². The summed E-state index contributed by atoms with van der Waals surface area (Å²) >= 11 is 0. The van der Waals surface area contributed by atoms with Gasteiger partial charge in [-0.3, -0.25) is 9.59 Å². The molecule has 0 amide bonds. The summed E-state index contributed by atoms with van der Waals surface area (Å²) in [6, 6.07) is 12.1. The largest absolute Gasteiger partial charge is 0.511 e. The van der Waals surface area contributed by atoms with E-state index in [0.717, 1.165) is 55.3 Å². The summed E-state index contributed by atoms with van der Waals surface area (Å²) in [4.78, 5) is 44.7. The Morgan fingerprint density at radius 1 is 0.958 bits per heavy atom. The first-order valence-corrected chi connectivity index (χ1v) is 28.5. The van der Waals surface area contributed by atoms with Gasteiger partial charge >= 0.3 is 0 Å². The highest BCUT2D eigenvalue weighted by Gasteiger charge is 2.84. The van der Waals surface area contributed by atoms with E-state index in [0.29, 0.717) is 49.2 Å². The van der Waals surface area contributed by atoms with Crippen LogP contribution in [0.2, 0.25) is 0 Å². The van der Waals surface area contributed by atoms with Crippen LogP contribution in [0.4, 0.5) is 0 Å². The van der Waals surface area contributed by atoms with Crippen molar-refractivity contribution in [2.45, 2.75) is 118 Å². The number of carbonyl (C=O) groups is 3. The van der Waals surface area contributed by atoms with Crippen molar-refractivity contribution in [2.24, 2.45) is 57.7 Å². The number of aliphatic hydroxyl groups excluding tert-OH is 6. The molecule has 4 aliphatic heterocycles. The van der Waals surface area contributed by atoms with Gasteiger partial charge in [0.1, 0.15) is 40.5 Å². The van der Waals surface area contributed by atoms with Crippen molar-refractivity contribution in [3.8, 4) is 5.75 Å². The standard InChI is InChI=1S/C56H64N2O12S2/c59-14-4-10-43-55-40(17-31(18-42(55)63)16-29-5-1-6-30(15-29)24-60)46(64)35-8-2-9-41(45(35)48(55)65)69-54-13-11-38-36-20-32-19-34-22-51(12-3-7-33(51)25-61)26-52(34,39-21-44(57-23-37(32)39)58-28-71-72-43)47(36)56(68,50(54)67)49(66)53(38,27-62)70-54/h1-2,5-6,8-9,15,17-18,21,25,32-34,36,38,40,43,47,49-50,57-60,62-63,66-68H,3-4,7,10-14,16,19-20,22-24,26-28H2/t32-,33-,34-,36+,38-,40+,43-,47-,49+,50-,51+,52-,53-,54+,55-,56-/m0/s1. The van der Waals surface area contributed by atoms with Crippen molar-refractivity contribution in [1.29, 1.82) is 0 Å². The number of dihydropyridines is 1. The van der Waals surface area contributed by atoms with Crippen LogP contribution in [0.25, 0.3) is 0 Å². The molecule has 14 rings (SSSR count). The van der Waals surface area contributed by atoms with Crippen molar-refractivity contribution in [1.82, 2.24) is 10.6 Å². The van der Waals surface area contributed by atoms with Gasteiger partial charge in [0.05, 0.1) is 36.4 Å². The average Bonchev–Trinajstić information content (AvgIpc) is 3.87. The maximum atomic E-state index is 16.2. The van der Waals surface area contributed by atoms with E-state index in [2.05, 4.69) is 16.7 Å². The molecular weight excluding hydrogens is 957 g/mol. The minimum absolute atomic E-state index is 0.0175. The fourth-order valence-electron chi connectivity index (χ4n) is 17.9. The van der Waals surface area contributed by atoms with Gasteiger partial charge in [0, 0.05) is 47.6 Å². The van der Waals surface area contributed by atoms with Gasteiger partial charge in [-0.25, -0.2) is 0 Å². The Bertz CT molecular complexity index is 2800. The van der Waals surface area contributed by atoms with Crippen LogP contribution in [-0.2, 0) is 22.6 Å². The molecule has 382 valence electrons. The molecule has 0 radical (unpaired) electrons. The Morgan fingerprint density at radius 3 is 2.60 bits per heavy atom. The molecule has 72 heavy (non-hydrogen) atoms. The van der Waals surface area contributed by atoms with Crippen molar-refractivity contribution >= 4 is 39.4 Å². The van der Waals surface area contributed by atoms with Crippen molar-refractivity contribution in [3.63, 3.8) is 0 Å². The number of allylic oxidation sites excluding steroid dienone is 6.